The molecule has 5 nitrogen and oxygen atoms in total. The quantitative estimate of drug-likeness (QED) is 0.593. The average molecular weight is 329 g/mol. The zero-order chi connectivity index (χ0) is 17.2. The van der Waals surface area contributed by atoms with E-state index in [1.165, 1.54) is 0 Å². The summed E-state index contributed by atoms with van der Waals surface area (Å²) in [4.78, 5) is 13.7. The van der Waals surface area contributed by atoms with Crippen LogP contribution in [0.15, 0.2) is 60.7 Å². The Balaban J connectivity index is 1.85. The van der Waals surface area contributed by atoms with Gasteiger partial charge in [-0.05, 0) is 30.7 Å². The molecule has 0 spiro atoms. The predicted molar refractivity (Wildman–Crippen MR) is 93.4 cm³/mol. The van der Waals surface area contributed by atoms with Gasteiger partial charge in [-0.2, -0.15) is 0 Å². The molecule has 2 aromatic rings. The van der Waals surface area contributed by atoms with Gasteiger partial charge in [0.1, 0.15) is 12.4 Å². The van der Waals surface area contributed by atoms with E-state index in [1.807, 2.05) is 48.2 Å². The maximum absolute atomic E-state index is 11.7. The smallest absolute Gasteiger partial charge is 0.432 e. The minimum atomic E-state index is -0.731. The number of hydrogen-bond acceptors (Lipinski definition) is 5. The second-order valence-electron chi connectivity index (χ2n) is 5.36. The van der Waals surface area contributed by atoms with Crippen LogP contribution in [0.4, 0.5) is 10.5 Å². The van der Waals surface area contributed by atoms with Crippen LogP contribution in [0.1, 0.15) is 13.3 Å². The van der Waals surface area contributed by atoms with Crippen LogP contribution in [-0.2, 0) is 4.74 Å². The van der Waals surface area contributed by atoms with E-state index in [-0.39, 0.29) is 6.61 Å². The van der Waals surface area contributed by atoms with Crippen molar-refractivity contribution in [3.05, 3.63) is 60.7 Å². The number of ether oxygens (including phenoxy) is 2. The topological polar surface area (TPSA) is 59.0 Å². The molecule has 0 aliphatic rings. The fraction of sp³-hybridized carbons (Fsp3) is 0.316. The molecule has 0 bridgehead atoms. The molecular weight excluding hydrogens is 306 g/mol. The van der Waals surface area contributed by atoms with E-state index < -0.39 is 12.3 Å². The molecule has 0 aliphatic carbocycles. The lowest BCUT2D eigenvalue weighted by atomic mass is 10.2. The summed E-state index contributed by atoms with van der Waals surface area (Å²) in [6, 6.07) is 18.5. The molecule has 5 heteroatoms. The fourth-order valence-corrected chi connectivity index (χ4v) is 2.20. The van der Waals surface area contributed by atoms with Gasteiger partial charge in [0.15, 0.2) is 0 Å². The Labute approximate surface area is 142 Å². The standard InChI is InChI=1S/C19H23NO4/c1-2-17(21)15-20(16-9-5-3-6-10-16)13-14-23-19(22)24-18-11-7-4-8-12-18/h3-12,17,21H,2,13-15H2,1H3. The molecule has 2 rings (SSSR count). The van der Waals surface area contributed by atoms with Gasteiger partial charge in [-0.1, -0.05) is 43.3 Å². The van der Waals surface area contributed by atoms with Crippen molar-refractivity contribution < 1.29 is 19.4 Å². The monoisotopic (exact) mass is 329 g/mol. The summed E-state index contributed by atoms with van der Waals surface area (Å²) in [5.74, 6) is 0.448. The molecule has 0 amide bonds. The van der Waals surface area contributed by atoms with Crippen LogP contribution in [0, 0.1) is 0 Å². The van der Waals surface area contributed by atoms with E-state index in [1.54, 1.807) is 24.3 Å². The number of carbonyl (C=O) groups excluding carboxylic acids is 1. The van der Waals surface area contributed by atoms with Gasteiger partial charge >= 0.3 is 6.16 Å². The van der Waals surface area contributed by atoms with Crippen LogP contribution in [0.3, 0.4) is 0 Å². The summed E-state index contributed by atoms with van der Waals surface area (Å²) in [6.45, 7) is 3.07. The van der Waals surface area contributed by atoms with Gasteiger partial charge in [0.05, 0.1) is 12.6 Å². The molecule has 24 heavy (non-hydrogen) atoms. The van der Waals surface area contributed by atoms with Crippen LogP contribution < -0.4 is 9.64 Å². The zero-order valence-electron chi connectivity index (χ0n) is 13.8. The number of para-hydroxylation sites is 2. The van der Waals surface area contributed by atoms with Gasteiger partial charge in [-0.3, -0.25) is 0 Å². The molecule has 0 radical (unpaired) electrons. The van der Waals surface area contributed by atoms with Crippen LogP contribution >= 0.6 is 0 Å². The van der Waals surface area contributed by atoms with Gasteiger partial charge in [-0.15, -0.1) is 0 Å². The minimum absolute atomic E-state index is 0.178. The van der Waals surface area contributed by atoms with Crippen LogP contribution in [0.2, 0.25) is 0 Å². The second kappa shape index (κ2) is 9.57. The van der Waals surface area contributed by atoms with Gasteiger partial charge in [0.2, 0.25) is 0 Å². The van der Waals surface area contributed by atoms with E-state index in [2.05, 4.69) is 0 Å². The fourth-order valence-electron chi connectivity index (χ4n) is 2.20. The van der Waals surface area contributed by atoms with Crippen molar-refractivity contribution in [2.24, 2.45) is 0 Å². The highest BCUT2D eigenvalue weighted by molar-refractivity contribution is 5.63. The summed E-state index contributed by atoms with van der Waals surface area (Å²) in [7, 11) is 0. The molecule has 0 fully saturated rings. The minimum Gasteiger partial charge on any atom is -0.432 e. The first-order valence-corrected chi connectivity index (χ1v) is 8.06. The van der Waals surface area contributed by atoms with Crippen molar-refractivity contribution in [3.63, 3.8) is 0 Å². The van der Waals surface area contributed by atoms with Crippen molar-refractivity contribution in [2.75, 3.05) is 24.6 Å². The number of benzene rings is 2. The Morgan fingerprint density at radius 2 is 1.71 bits per heavy atom. The third-order valence-corrected chi connectivity index (χ3v) is 3.55. The van der Waals surface area contributed by atoms with E-state index in [0.717, 1.165) is 5.69 Å². The summed E-state index contributed by atoms with van der Waals surface area (Å²) in [5, 5.41) is 9.92. The molecule has 128 valence electrons. The van der Waals surface area contributed by atoms with E-state index >= 15 is 0 Å². The van der Waals surface area contributed by atoms with Gasteiger partial charge in [0, 0.05) is 12.2 Å². The van der Waals surface area contributed by atoms with E-state index in [4.69, 9.17) is 9.47 Å². The number of hydrogen-bond donors (Lipinski definition) is 1. The highest BCUT2D eigenvalue weighted by Gasteiger charge is 2.13. The first-order valence-electron chi connectivity index (χ1n) is 8.06. The number of aliphatic hydroxyl groups is 1. The summed E-state index contributed by atoms with van der Waals surface area (Å²) >= 11 is 0. The van der Waals surface area contributed by atoms with Crippen molar-refractivity contribution in [1.29, 1.82) is 0 Å². The maximum atomic E-state index is 11.7. The highest BCUT2D eigenvalue weighted by atomic mass is 16.7. The second-order valence-corrected chi connectivity index (χ2v) is 5.36. The third-order valence-electron chi connectivity index (χ3n) is 3.55. The number of anilines is 1. The van der Waals surface area contributed by atoms with E-state index in [0.29, 0.717) is 25.3 Å². The molecule has 1 atom stereocenters. The Morgan fingerprint density at radius 1 is 1.08 bits per heavy atom. The van der Waals surface area contributed by atoms with Gasteiger partial charge in [0.25, 0.3) is 0 Å². The SMILES string of the molecule is CCC(O)CN(CCOC(=O)Oc1ccccc1)c1ccccc1. The van der Waals surface area contributed by atoms with E-state index in [9.17, 15) is 9.90 Å². The largest absolute Gasteiger partial charge is 0.513 e. The molecule has 0 saturated carbocycles. The van der Waals surface area contributed by atoms with Gasteiger partial charge in [-0.25, -0.2) is 4.79 Å². The average Bonchev–Trinajstić information content (AvgIpc) is 2.62. The number of nitrogens with zero attached hydrogens (tertiary/aromatic N) is 1. The van der Waals surface area contributed by atoms with Crippen molar-refractivity contribution in [2.45, 2.75) is 19.4 Å². The Bertz CT molecular complexity index is 603. The van der Waals surface area contributed by atoms with Gasteiger partial charge < -0.3 is 19.5 Å². The summed E-state index contributed by atoms with van der Waals surface area (Å²) in [6.07, 6.45) is -0.494. The lowest BCUT2D eigenvalue weighted by Gasteiger charge is -2.26. The Kier molecular flexibility index (Phi) is 7.11. The number of aliphatic hydroxyl groups excluding tert-OH is 1. The molecule has 0 heterocycles. The Morgan fingerprint density at radius 3 is 2.33 bits per heavy atom. The molecule has 2 aromatic carbocycles. The lowest BCUT2D eigenvalue weighted by molar-refractivity contribution is 0.100. The third kappa shape index (κ3) is 5.93. The zero-order valence-corrected chi connectivity index (χ0v) is 13.8. The lowest BCUT2D eigenvalue weighted by Crippen LogP contribution is -2.35. The van der Waals surface area contributed by atoms with Crippen LogP contribution in [-0.4, -0.2) is 37.1 Å². The summed E-state index contributed by atoms with van der Waals surface area (Å²) < 4.78 is 10.2. The van der Waals surface area contributed by atoms with Crippen LogP contribution in [0.25, 0.3) is 0 Å². The maximum Gasteiger partial charge on any atom is 0.513 e. The Hall–Kier alpha value is -2.53. The predicted octanol–water partition coefficient (Wildman–Crippen LogP) is 3.48. The summed E-state index contributed by atoms with van der Waals surface area (Å²) in [5.41, 5.74) is 0.977. The molecule has 0 aromatic heterocycles. The first-order chi connectivity index (χ1) is 11.7. The van der Waals surface area contributed by atoms with Crippen molar-refractivity contribution in [1.82, 2.24) is 0 Å². The van der Waals surface area contributed by atoms with Crippen molar-refractivity contribution >= 4 is 11.8 Å². The number of carbonyl (C=O) groups is 1. The molecular formula is C19H23NO4. The number of rotatable bonds is 8. The van der Waals surface area contributed by atoms with Crippen LogP contribution in [0.5, 0.6) is 5.75 Å². The van der Waals surface area contributed by atoms with Crippen molar-refractivity contribution in [3.8, 4) is 5.75 Å². The first kappa shape index (κ1) is 17.8. The molecule has 0 saturated heterocycles. The molecule has 0 aliphatic heterocycles. The highest BCUT2D eigenvalue weighted by Crippen LogP contribution is 2.14. The molecule has 1 unspecified atom stereocenters. The molecule has 1 N–H and O–H groups in total. The normalized spacial score (nSPS) is 11.6.